The number of likely N-dealkylation sites (tertiary alicyclic amines) is 1. The van der Waals surface area contributed by atoms with Crippen molar-refractivity contribution in [3.8, 4) is 10.4 Å². The molecule has 218 valence electrons. The molecular weight excluding hydrogens is 536 g/mol. The van der Waals surface area contributed by atoms with Crippen LogP contribution in [0, 0.1) is 12.3 Å². The van der Waals surface area contributed by atoms with Gasteiger partial charge in [-0.15, -0.1) is 16.4 Å². The van der Waals surface area contributed by atoms with Crippen LogP contribution in [0.15, 0.2) is 29.9 Å². The minimum Gasteiger partial charge on any atom is -0.391 e. The molecule has 1 saturated carbocycles. The summed E-state index contributed by atoms with van der Waals surface area (Å²) in [6.07, 6.45) is 7.44. The second kappa shape index (κ2) is 10.9. The number of nitrogens with one attached hydrogen (secondary N) is 1. The maximum absolute atomic E-state index is 14.1. The van der Waals surface area contributed by atoms with Gasteiger partial charge in [0, 0.05) is 25.1 Å². The van der Waals surface area contributed by atoms with E-state index in [0.29, 0.717) is 5.92 Å². The van der Waals surface area contributed by atoms with Crippen LogP contribution in [0.25, 0.3) is 10.4 Å². The van der Waals surface area contributed by atoms with E-state index in [1.807, 2.05) is 39.4 Å². The van der Waals surface area contributed by atoms with E-state index >= 15 is 0 Å². The molecule has 0 spiro atoms. The van der Waals surface area contributed by atoms with Crippen molar-refractivity contribution in [1.82, 2.24) is 30.2 Å². The largest absolute Gasteiger partial charge is 0.391 e. The molecule has 9 nitrogen and oxygen atoms in total. The van der Waals surface area contributed by atoms with Crippen molar-refractivity contribution in [2.45, 2.75) is 103 Å². The Balaban J connectivity index is 1.23. The van der Waals surface area contributed by atoms with E-state index in [-0.39, 0.29) is 30.8 Å². The molecule has 10 heteroatoms. The maximum atomic E-state index is 14.1. The highest BCUT2D eigenvalue weighted by Crippen LogP contribution is 2.41. The number of amides is 2. The van der Waals surface area contributed by atoms with Crippen LogP contribution in [0.3, 0.4) is 0 Å². The van der Waals surface area contributed by atoms with Gasteiger partial charge in [0.25, 0.3) is 0 Å². The van der Waals surface area contributed by atoms with Gasteiger partial charge in [0.2, 0.25) is 11.8 Å². The molecule has 2 N–H and O–H groups in total. The van der Waals surface area contributed by atoms with Crippen molar-refractivity contribution in [1.29, 1.82) is 0 Å². The molecular formula is C31H40N6O3S. The Hall–Kier alpha value is -3.11. The Morgan fingerprint density at radius 3 is 2.68 bits per heavy atom. The van der Waals surface area contributed by atoms with E-state index < -0.39 is 23.6 Å². The molecule has 1 aliphatic heterocycles. The van der Waals surface area contributed by atoms with Crippen LogP contribution in [0.4, 0.5) is 0 Å². The van der Waals surface area contributed by atoms with Crippen LogP contribution in [-0.2, 0) is 16.0 Å². The van der Waals surface area contributed by atoms with Crippen molar-refractivity contribution >= 4 is 23.2 Å². The summed E-state index contributed by atoms with van der Waals surface area (Å²) < 4.78 is 1.67. The summed E-state index contributed by atoms with van der Waals surface area (Å²) in [5.74, 6) is 0.0171. The Kier molecular flexibility index (Phi) is 7.48. The highest BCUT2D eigenvalue weighted by atomic mass is 32.1. The van der Waals surface area contributed by atoms with E-state index in [1.165, 1.54) is 10.4 Å². The second-order valence-corrected chi connectivity index (χ2v) is 13.9. The number of aliphatic hydroxyl groups is 1. The minimum atomic E-state index is -0.750. The van der Waals surface area contributed by atoms with Gasteiger partial charge in [-0.25, -0.2) is 9.67 Å². The van der Waals surface area contributed by atoms with Crippen LogP contribution in [0.2, 0.25) is 0 Å². The fourth-order valence-corrected chi connectivity index (χ4v) is 7.25. The molecule has 4 atom stereocenters. The van der Waals surface area contributed by atoms with Crippen LogP contribution >= 0.6 is 11.3 Å². The van der Waals surface area contributed by atoms with E-state index in [1.54, 1.807) is 20.9 Å². The first-order valence-corrected chi connectivity index (χ1v) is 15.7. The number of aromatic nitrogens is 4. The van der Waals surface area contributed by atoms with Gasteiger partial charge in [0.1, 0.15) is 12.1 Å². The summed E-state index contributed by atoms with van der Waals surface area (Å²) >= 11 is 1.65. The molecule has 6 rings (SSSR count). The number of fused-ring (bicyclic) bond motifs is 1. The molecule has 2 fully saturated rings. The molecule has 41 heavy (non-hydrogen) atoms. The molecule has 3 aromatic rings. The third-order valence-electron chi connectivity index (χ3n) is 8.74. The van der Waals surface area contributed by atoms with Gasteiger partial charge in [-0.3, -0.25) is 9.59 Å². The molecule has 0 bridgehead atoms. The number of aliphatic hydroxyl groups excluding tert-OH is 1. The van der Waals surface area contributed by atoms with Crippen molar-refractivity contribution in [2.75, 3.05) is 6.54 Å². The number of benzene rings is 1. The molecule has 2 amide bonds. The first-order chi connectivity index (χ1) is 19.6. The number of hydrogen-bond donors (Lipinski definition) is 2. The highest BCUT2D eigenvalue weighted by Gasteiger charge is 2.46. The summed E-state index contributed by atoms with van der Waals surface area (Å²) in [7, 11) is 0. The zero-order valence-electron chi connectivity index (χ0n) is 24.3. The molecule has 2 aromatic heterocycles. The third-order valence-corrected chi connectivity index (χ3v) is 9.72. The minimum absolute atomic E-state index is 0.131. The van der Waals surface area contributed by atoms with Crippen molar-refractivity contribution in [3.05, 3.63) is 52.4 Å². The van der Waals surface area contributed by atoms with Crippen LogP contribution < -0.4 is 5.32 Å². The van der Waals surface area contributed by atoms with Gasteiger partial charge in [-0.1, -0.05) is 44.5 Å². The molecule has 0 unspecified atom stereocenters. The molecule has 1 aromatic carbocycles. The fourth-order valence-electron chi connectivity index (χ4n) is 6.45. The lowest BCUT2D eigenvalue weighted by Gasteiger charge is -2.35. The summed E-state index contributed by atoms with van der Waals surface area (Å²) in [6.45, 7) is 8.16. The predicted molar refractivity (Wildman–Crippen MR) is 157 cm³/mol. The fraction of sp³-hybridized carbons (Fsp3) is 0.581. The topological polar surface area (TPSA) is 113 Å². The average Bonchev–Trinajstić information content (AvgIpc) is 3.37. The number of carbonyl (C=O) groups excluding carboxylic acids is 2. The number of hydrogen-bond acceptors (Lipinski definition) is 7. The molecule has 2 aliphatic carbocycles. The first kappa shape index (κ1) is 28.0. The molecule has 1 saturated heterocycles. The lowest BCUT2D eigenvalue weighted by atomic mass is 9.85. The number of aryl methyl sites for hydroxylation is 2. The summed E-state index contributed by atoms with van der Waals surface area (Å²) in [6, 6.07) is 5.01. The maximum Gasteiger partial charge on any atom is 0.248 e. The van der Waals surface area contributed by atoms with Gasteiger partial charge >= 0.3 is 0 Å². The average molecular weight is 577 g/mol. The van der Waals surface area contributed by atoms with Gasteiger partial charge in [-0.2, -0.15) is 0 Å². The number of rotatable bonds is 6. The van der Waals surface area contributed by atoms with E-state index in [9.17, 15) is 14.7 Å². The van der Waals surface area contributed by atoms with Gasteiger partial charge < -0.3 is 15.3 Å². The van der Waals surface area contributed by atoms with Gasteiger partial charge in [-0.05, 0) is 67.2 Å². The van der Waals surface area contributed by atoms with Gasteiger partial charge in [0.15, 0.2) is 0 Å². The van der Waals surface area contributed by atoms with E-state index in [4.69, 9.17) is 0 Å². The van der Waals surface area contributed by atoms with Crippen LogP contribution in [0.1, 0.15) is 99.8 Å². The lowest BCUT2D eigenvalue weighted by molar-refractivity contribution is -0.144. The van der Waals surface area contributed by atoms with E-state index in [0.717, 1.165) is 61.0 Å². The molecule has 3 aliphatic rings. The normalized spacial score (nSPS) is 23.6. The Morgan fingerprint density at radius 2 is 1.98 bits per heavy atom. The number of nitrogens with zero attached hydrogens (tertiary/aromatic N) is 5. The first-order valence-electron chi connectivity index (χ1n) is 14.8. The highest BCUT2D eigenvalue weighted by molar-refractivity contribution is 7.13. The second-order valence-electron chi connectivity index (χ2n) is 13.0. The Labute approximate surface area is 245 Å². The zero-order valence-corrected chi connectivity index (χ0v) is 25.2. The number of thiazole rings is 1. The predicted octanol–water partition coefficient (Wildman–Crippen LogP) is 4.72. The summed E-state index contributed by atoms with van der Waals surface area (Å²) in [5.41, 5.74) is 6.92. The summed E-state index contributed by atoms with van der Waals surface area (Å²) in [4.78, 5) is 35.1. The van der Waals surface area contributed by atoms with Crippen molar-refractivity contribution in [2.24, 2.45) is 5.41 Å². The molecule has 0 radical (unpaired) electrons. The number of β-amino-alcohol motifs (C(OH)–C–C–N with tert-alkyl or cyclic N) is 1. The quantitative estimate of drug-likeness (QED) is 0.411. The zero-order chi connectivity index (χ0) is 28.9. The van der Waals surface area contributed by atoms with Crippen molar-refractivity contribution < 1.29 is 14.7 Å². The third kappa shape index (κ3) is 5.68. The van der Waals surface area contributed by atoms with Crippen LogP contribution in [0.5, 0.6) is 0 Å². The van der Waals surface area contributed by atoms with Crippen molar-refractivity contribution in [3.63, 3.8) is 0 Å². The number of carbonyl (C=O) groups is 2. The Morgan fingerprint density at radius 1 is 1.17 bits per heavy atom. The monoisotopic (exact) mass is 576 g/mol. The van der Waals surface area contributed by atoms with Gasteiger partial charge in [0.05, 0.1) is 33.9 Å². The van der Waals surface area contributed by atoms with E-state index in [2.05, 4.69) is 38.8 Å². The summed E-state index contributed by atoms with van der Waals surface area (Å²) in [5, 5.41) is 22.6. The van der Waals surface area contributed by atoms with Crippen LogP contribution in [-0.4, -0.2) is 60.5 Å². The molecule has 3 heterocycles. The lowest BCUT2D eigenvalue weighted by Crippen LogP contribution is -2.50. The Bertz CT molecular complexity index is 1440. The smallest absolute Gasteiger partial charge is 0.248 e. The standard InChI is InChI=1S/C31H40N6O3S/c1-18-27(41-17-32-18)21-11-12-23-20(13-21)7-5-6-8-24(23)33-29(39)26-14-22(38)15-36(26)30(40)28(31(2,3)4)37-16-25(34-35-37)19-9-10-19/h11-13,16-17,19,22,24,26,28,38H,5-10,14-15H2,1-4H3,(H,33,39)/t22-,24+,26+,28-/m1/s1. The SMILES string of the molecule is Cc1ncsc1-c1ccc2c(c1)CCCC[C@@H]2NC(=O)[C@@H]1C[C@@H](O)CN1C(=O)[C@@H](n1cc(C2CC2)nn1)C(C)(C)C.